The molecule has 17 heavy (non-hydrogen) atoms. The molecule has 0 aliphatic rings. The lowest BCUT2D eigenvalue weighted by atomic mass is 10.3. The topological polar surface area (TPSA) is 70.2 Å². The third kappa shape index (κ3) is 3.41. The van der Waals surface area contributed by atoms with E-state index in [1.54, 1.807) is 0 Å². The molecule has 9 heteroatoms. The summed E-state index contributed by atoms with van der Waals surface area (Å²) in [5, 5.41) is 14.4. The van der Waals surface area contributed by atoms with Crippen LogP contribution in [0.1, 0.15) is 11.4 Å². The molecule has 0 spiro atoms. The molecule has 6 nitrogen and oxygen atoms in total. The number of nitrogens with zero attached hydrogens (tertiary/aromatic N) is 3. The molecule has 0 aromatic carbocycles. The van der Waals surface area contributed by atoms with Crippen molar-refractivity contribution in [3.05, 3.63) is 21.5 Å². The average Bonchev–Trinajstić information content (AvgIpc) is 2.39. The van der Waals surface area contributed by atoms with Gasteiger partial charge in [-0.3, -0.25) is 10.1 Å². The molecule has 0 unspecified atom stereocenters. The van der Waals surface area contributed by atoms with Crippen molar-refractivity contribution < 1.29 is 22.8 Å². The smallest absolute Gasteiger partial charge is 0.350 e. The van der Waals surface area contributed by atoms with Gasteiger partial charge in [0.2, 0.25) is 0 Å². The van der Waals surface area contributed by atoms with E-state index in [9.17, 15) is 23.3 Å². The Kier molecular flexibility index (Phi) is 3.71. The summed E-state index contributed by atoms with van der Waals surface area (Å²) in [6.45, 7) is 0.916. The Balaban J connectivity index is 2.74. The van der Waals surface area contributed by atoms with Gasteiger partial charge in [-0.2, -0.15) is 18.3 Å². The summed E-state index contributed by atoms with van der Waals surface area (Å²) in [5.74, 6) is 0. The number of aromatic nitrogens is 2. The van der Waals surface area contributed by atoms with E-state index in [2.05, 4.69) is 9.84 Å². The molecule has 0 aliphatic heterocycles. The van der Waals surface area contributed by atoms with Gasteiger partial charge in [0.25, 0.3) is 0 Å². The molecule has 0 fully saturated rings. The van der Waals surface area contributed by atoms with Gasteiger partial charge in [-0.1, -0.05) is 0 Å². The van der Waals surface area contributed by atoms with Crippen molar-refractivity contribution in [2.24, 2.45) is 0 Å². The predicted molar refractivity (Wildman–Crippen MR) is 50.4 cm³/mol. The molecule has 1 aromatic rings. The lowest BCUT2D eigenvalue weighted by molar-refractivity contribution is -0.386. The van der Waals surface area contributed by atoms with E-state index in [1.807, 2.05) is 0 Å². The average molecular weight is 253 g/mol. The van der Waals surface area contributed by atoms with Gasteiger partial charge in [0.05, 0.1) is 4.92 Å². The molecule has 0 N–H and O–H groups in total. The molecule has 1 aromatic heterocycles. The lowest BCUT2D eigenvalue weighted by Crippen LogP contribution is -2.19. The van der Waals surface area contributed by atoms with Crippen molar-refractivity contribution in [1.82, 2.24) is 9.78 Å². The highest BCUT2D eigenvalue weighted by Crippen LogP contribution is 2.22. The molecule has 1 rings (SSSR count). The van der Waals surface area contributed by atoms with Gasteiger partial charge in [0, 0.05) is 0 Å². The molecule has 0 aliphatic carbocycles. The van der Waals surface area contributed by atoms with Gasteiger partial charge in [-0.05, 0) is 13.8 Å². The maximum atomic E-state index is 11.8. The Labute approximate surface area is 94.1 Å². The van der Waals surface area contributed by atoms with Gasteiger partial charge >= 0.3 is 11.9 Å². The molecule has 0 amide bonds. The molecule has 0 radical (unpaired) electrons. The first-order valence-corrected chi connectivity index (χ1v) is 4.55. The van der Waals surface area contributed by atoms with Crippen LogP contribution in [-0.4, -0.2) is 27.5 Å². The molecule has 1 heterocycles. The van der Waals surface area contributed by atoms with E-state index in [0.717, 1.165) is 4.68 Å². The van der Waals surface area contributed by atoms with Crippen molar-refractivity contribution in [2.75, 3.05) is 6.61 Å². The van der Waals surface area contributed by atoms with Gasteiger partial charge < -0.3 is 4.74 Å². The van der Waals surface area contributed by atoms with Crippen LogP contribution in [0.25, 0.3) is 0 Å². The van der Waals surface area contributed by atoms with Crippen LogP contribution in [0.4, 0.5) is 18.9 Å². The highest BCUT2D eigenvalue weighted by Gasteiger charge is 2.28. The first kappa shape index (κ1) is 13.4. The Bertz CT molecular complexity index is 428. The van der Waals surface area contributed by atoms with Crippen LogP contribution in [0.2, 0.25) is 0 Å². The maximum absolute atomic E-state index is 11.8. The summed E-state index contributed by atoms with van der Waals surface area (Å²) < 4.78 is 40.8. The number of ether oxygens (including phenoxy) is 1. The van der Waals surface area contributed by atoms with E-state index in [1.165, 1.54) is 13.8 Å². The first-order valence-electron chi connectivity index (χ1n) is 4.55. The number of hydrogen-bond donors (Lipinski definition) is 0. The SMILES string of the molecule is Cc1nn(COCC(F)(F)F)c(C)c1[N+](=O)[O-]. The zero-order valence-corrected chi connectivity index (χ0v) is 9.11. The minimum Gasteiger partial charge on any atom is -0.350 e. The second-order valence-electron chi connectivity index (χ2n) is 3.37. The Morgan fingerprint density at radius 3 is 2.47 bits per heavy atom. The number of hydrogen-bond acceptors (Lipinski definition) is 4. The minimum absolute atomic E-state index is 0.142. The highest BCUT2D eigenvalue weighted by atomic mass is 19.4. The van der Waals surface area contributed by atoms with Crippen molar-refractivity contribution in [3.8, 4) is 0 Å². The fourth-order valence-electron chi connectivity index (χ4n) is 1.33. The fourth-order valence-corrected chi connectivity index (χ4v) is 1.33. The normalized spacial score (nSPS) is 11.8. The van der Waals surface area contributed by atoms with Crippen LogP contribution in [-0.2, 0) is 11.5 Å². The van der Waals surface area contributed by atoms with Crippen molar-refractivity contribution in [2.45, 2.75) is 26.8 Å². The summed E-state index contributed by atoms with van der Waals surface area (Å²) in [7, 11) is 0. The number of halogens is 3. The maximum Gasteiger partial charge on any atom is 0.411 e. The van der Waals surface area contributed by atoms with E-state index in [0.29, 0.717) is 0 Å². The fraction of sp³-hybridized carbons (Fsp3) is 0.625. The second-order valence-corrected chi connectivity index (χ2v) is 3.37. The van der Waals surface area contributed by atoms with E-state index < -0.39 is 24.4 Å². The Morgan fingerprint density at radius 2 is 2.06 bits per heavy atom. The monoisotopic (exact) mass is 253 g/mol. The summed E-state index contributed by atoms with van der Waals surface area (Å²) in [5.41, 5.74) is 0.0957. The van der Waals surface area contributed by atoms with Crippen LogP contribution < -0.4 is 0 Å². The van der Waals surface area contributed by atoms with Gasteiger partial charge in [-0.15, -0.1) is 0 Å². The third-order valence-corrected chi connectivity index (χ3v) is 2.01. The summed E-state index contributed by atoms with van der Waals surface area (Å²) in [6, 6.07) is 0. The summed E-state index contributed by atoms with van der Waals surface area (Å²) in [4.78, 5) is 9.99. The summed E-state index contributed by atoms with van der Waals surface area (Å²) in [6.07, 6.45) is -4.43. The number of alkyl halides is 3. The summed E-state index contributed by atoms with van der Waals surface area (Å²) >= 11 is 0. The highest BCUT2D eigenvalue weighted by molar-refractivity contribution is 5.39. The van der Waals surface area contributed by atoms with Crippen molar-refractivity contribution >= 4 is 5.69 Å². The molecule has 0 saturated carbocycles. The minimum atomic E-state index is -4.43. The van der Waals surface area contributed by atoms with Gasteiger partial charge in [0.1, 0.15) is 24.7 Å². The van der Waals surface area contributed by atoms with Gasteiger partial charge in [0.15, 0.2) is 0 Å². The predicted octanol–water partition coefficient (Wildman–Crippen LogP) is 1.94. The Hall–Kier alpha value is -1.64. The molecular formula is C8H10F3N3O3. The van der Waals surface area contributed by atoms with E-state index in [4.69, 9.17) is 0 Å². The molecule has 0 bridgehead atoms. The zero-order chi connectivity index (χ0) is 13.2. The van der Waals surface area contributed by atoms with Crippen molar-refractivity contribution in [1.29, 1.82) is 0 Å². The van der Waals surface area contributed by atoms with Crippen LogP contribution in [0.5, 0.6) is 0 Å². The second kappa shape index (κ2) is 4.70. The number of nitro groups is 1. The zero-order valence-electron chi connectivity index (χ0n) is 9.11. The van der Waals surface area contributed by atoms with Crippen molar-refractivity contribution in [3.63, 3.8) is 0 Å². The number of aryl methyl sites for hydroxylation is 1. The largest absolute Gasteiger partial charge is 0.411 e. The number of rotatable bonds is 4. The lowest BCUT2D eigenvalue weighted by Gasteiger charge is -2.08. The van der Waals surface area contributed by atoms with E-state index in [-0.39, 0.29) is 17.1 Å². The van der Waals surface area contributed by atoms with Crippen LogP contribution in [0.3, 0.4) is 0 Å². The quantitative estimate of drug-likeness (QED) is 0.607. The van der Waals surface area contributed by atoms with Gasteiger partial charge in [-0.25, -0.2) is 4.68 Å². The molecule has 96 valence electrons. The first-order chi connectivity index (χ1) is 7.72. The standard InChI is InChI=1S/C8H10F3N3O3/c1-5-7(14(15)16)6(2)13(12-5)4-17-3-8(9,10)11/h3-4H2,1-2H3. The molecule has 0 saturated heterocycles. The molecule has 0 atom stereocenters. The van der Waals surface area contributed by atoms with E-state index >= 15 is 0 Å². The van der Waals surface area contributed by atoms with Crippen LogP contribution >= 0.6 is 0 Å². The molecular weight excluding hydrogens is 243 g/mol. The van der Waals surface area contributed by atoms with Crippen LogP contribution in [0, 0.1) is 24.0 Å². The van der Waals surface area contributed by atoms with Crippen LogP contribution in [0.15, 0.2) is 0 Å². The Morgan fingerprint density at radius 1 is 1.47 bits per heavy atom. The third-order valence-electron chi connectivity index (χ3n) is 2.01.